The van der Waals surface area contributed by atoms with E-state index in [1.807, 2.05) is 37.3 Å². The van der Waals surface area contributed by atoms with Gasteiger partial charge in [0.2, 0.25) is 0 Å². The summed E-state index contributed by atoms with van der Waals surface area (Å²) in [5, 5.41) is 0. The number of aromatic nitrogens is 1. The molecule has 0 fully saturated rings. The maximum absolute atomic E-state index is 12.2. The van der Waals surface area contributed by atoms with Crippen molar-refractivity contribution in [1.82, 2.24) is 4.57 Å². The van der Waals surface area contributed by atoms with Crippen LogP contribution in [0.15, 0.2) is 47.4 Å². The number of anilines is 1. The Kier molecular flexibility index (Phi) is 4.23. The molecule has 0 saturated heterocycles. The smallest absolute Gasteiger partial charge is 0.293 e. The number of hydrogen-bond acceptors (Lipinski definition) is 3. The fourth-order valence-corrected chi connectivity index (χ4v) is 1.78. The predicted octanol–water partition coefficient (Wildman–Crippen LogP) is 2.27. The van der Waals surface area contributed by atoms with Crippen LogP contribution in [-0.4, -0.2) is 11.2 Å². The number of nitrogen functional groups attached to an aromatic ring is 1. The van der Waals surface area contributed by atoms with Gasteiger partial charge >= 0.3 is 0 Å². The van der Waals surface area contributed by atoms with Gasteiger partial charge in [-0.05, 0) is 36.2 Å². The van der Waals surface area contributed by atoms with Gasteiger partial charge in [0.05, 0.1) is 13.2 Å². The van der Waals surface area contributed by atoms with Crippen LogP contribution in [0.2, 0.25) is 0 Å². The molecule has 0 atom stereocenters. The highest BCUT2D eigenvalue weighted by atomic mass is 16.5. The summed E-state index contributed by atoms with van der Waals surface area (Å²) in [5.41, 5.74) is 7.29. The molecule has 0 aliphatic carbocycles. The average Bonchev–Trinajstić information content (AvgIpc) is 2.42. The van der Waals surface area contributed by atoms with Gasteiger partial charge in [0, 0.05) is 11.9 Å². The van der Waals surface area contributed by atoms with Crippen LogP contribution in [-0.2, 0) is 6.54 Å². The number of hydrogen-bond donors (Lipinski definition) is 1. The van der Waals surface area contributed by atoms with E-state index < -0.39 is 0 Å². The molecule has 0 bridgehead atoms. The zero-order chi connectivity index (χ0) is 13.7. The summed E-state index contributed by atoms with van der Waals surface area (Å²) >= 11 is 0. The summed E-state index contributed by atoms with van der Waals surface area (Å²) in [7, 11) is 0. The van der Waals surface area contributed by atoms with Gasteiger partial charge in [-0.3, -0.25) is 4.79 Å². The van der Waals surface area contributed by atoms with E-state index in [2.05, 4.69) is 0 Å². The normalized spacial score (nSPS) is 10.4. The number of nitrogens with zero attached hydrogens (tertiary/aromatic N) is 1. The highest BCUT2D eigenvalue weighted by Crippen LogP contribution is 2.08. The van der Waals surface area contributed by atoms with Crippen LogP contribution >= 0.6 is 0 Å². The second-order valence-corrected chi connectivity index (χ2v) is 4.40. The molecule has 2 N–H and O–H groups in total. The summed E-state index contributed by atoms with van der Waals surface area (Å²) in [4.78, 5) is 12.2. The van der Waals surface area contributed by atoms with Crippen molar-refractivity contribution in [3.05, 3.63) is 58.5 Å². The topological polar surface area (TPSA) is 57.2 Å². The van der Waals surface area contributed by atoms with E-state index >= 15 is 0 Å². The third kappa shape index (κ3) is 3.37. The molecule has 0 radical (unpaired) electrons. The molecule has 1 aromatic heterocycles. The Morgan fingerprint density at radius 1 is 1.21 bits per heavy atom. The number of benzene rings is 1. The first-order chi connectivity index (χ1) is 9.20. The van der Waals surface area contributed by atoms with Crippen molar-refractivity contribution in [2.24, 2.45) is 0 Å². The van der Waals surface area contributed by atoms with E-state index in [4.69, 9.17) is 10.5 Å². The van der Waals surface area contributed by atoms with Crippen LogP contribution in [0.5, 0.6) is 5.75 Å². The lowest BCUT2D eigenvalue weighted by molar-refractivity contribution is 0.310. The first kappa shape index (κ1) is 13.2. The maximum Gasteiger partial charge on any atom is 0.293 e. The van der Waals surface area contributed by atoms with Gasteiger partial charge in [0.15, 0.2) is 5.75 Å². The molecule has 100 valence electrons. The highest BCUT2D eigenvalue weighted by Gasteiger charge is 2.04. The van der Waals surface area contributed by atoms with Gasteiger partial charge in [0.1, 0.15) is 0 Å². The van der Waals surface area contributed by atoms with Gasteiger partial charge in [-0.15, -0.1) is 0 Å². The van der Waals surface area contributed by atoms with Crippen molar-refractivity contribution in [3.8, 4) is 5.75 Å². The average molecular weight is 258 g/mol. The summed E-state index contributed by atoms with van der Waals surface area (Å²) < 4.78 is 7.07. The predicted molar refractivity (Wildman–Crippen MR) is 76.4 cm³/mol. The van der Waals surface area contributed by atoms with Crippen molar-refractivity contribution < 1.29 is 4.74 Å². The SMILES string of the molecule is CCCOc1cccn(Cc2ccc(N)cc2)c1=O. The Bertz CT molecular complexity index is 588. The second kappa shape index (κ2) is 6.09. The lowest BCUT2D eigenvalue weighted by Crippen LogP contribution is -2.21. The third-order valence-electron chi connectivity index (χ3n) is 2.78. The van der Waals surface area contributed by atoms with Gasteiger partial charge in [0.25, 0.3) is 5.56 Å². The first-order valence-corrected chi connectivity index (χ1v) is 6.37. The minimum atomic E-state index is -0.104. The van der Waals surface area contributed by atoms with Crippen LogP contribution in [0.4, 0.5) is 5.69 Å². The third-order valence-corrected chi connectivity index (χ3v) is 2.78. The maximum atomic E-state index is 12.2. The second-order valence-electron chi connectivity index (χ2n) is 4.40. The number of rotatable bonds is 5. The molecule has 1 aromatic carbocycles. The molecule has 1 heterocycles. The molecule has 4 nitrogen and oxygen atoms in total. The van der Waals surface area contributed by atoms with E-state index in [1.165, 1.54) is 0 Å². The van der Waals surface area contributed by atoms with Crippen LogP contribution in [0.3, 0.4) is 0 Å². The molecular formula is C15H18N2O2. The minimum Gasteiger partial charge on any atom is -0.488 e. The van der Waals surface area contributed by atoms with E-state index in [-0.39, 0.29) is 5.56 Å². The van der Waals surface area contributed by atoms with Crippen molar-refractivity contribution in [3.63, 3.8) is 0 Å². The lowest BCUT2D eigenvalue weighted by atomic mass is 10.2. The van der Waals surface area contributed by atoms with E-state index in [1.54, 1.807) is 16.8 Å². The number of nitrogens with two attached hydrogens (primary N) is 1. The van der Waals surface area contributed by atoms with Crippen LogP contribution in [0.25, 0.3) is 0 Å². The van der Waals surface area contributed by atoms with Crippen LogP contribution < -0.4 is 16.0 Å². The van der Waals surface area contributed by atoms with E-state index in [0.717, 1.165) is 17.7 Å². The highest BCUT2D eigenvalue weighted by molar-refractivity contribution is 5.39. The molecule has 2 aromatic rings. The zero-order valence-electron chi connectivity index (χ0n) is 11.0. The Morgan fingerprint density at radius 2 is 1.95 bits per heavy atom. The lowest BCUT2D eigenvalue weighted by Gasteiger charge is -2.09. The van der Waals surface area contributed by atoms with Crippen LogP contribution in [0, 0.1) is 0 Å². The van der Waals surface area contributed by atoms with Crippen molar-refractivity contribution >= 4 is 5.69 Å². The largest absolute Gasteiger partial charge is 0.488 e. The van der Waals surface area contributed by atoms with E-state index in [0.29, 0.717) is 18.9 Å². The van der Waals surface area contributed by atoms with Crippen molar-refractivity contribution in [2.75, 3.05) is 12.3 Å². The van der Waals surface area contributed by atoms with Crippen molar-refractivity contribution in [1.29, 1.82) is 0 Å². The van der Waals surface area contributed by atoms with E-state index in [9.17, 15) is 4.79 Å². The summed E-state index contributed by atoms with van der Waals surface area (Å²) in [5.74, 6) is 0.403. The standard InChI is InChI=1S/C15H18N2O2/c1-2-10-19-14-4-3-9-17(15(14)18)11-12-5-7-13(16)8-6-12/h3-9H,2,10-11,16H2,1H3. The minimum absolute atomic E-state index is 0.104. The molecule has 0 saturated carbocycles. The van der Waals surface area contributed by atoms with Gasteiger partial charge < -0.3 is 15.0 Å². The monoisotopic (exact) mass is 258 g/mol. The molecule has 0 spiro atoms. The molecule has 2 rings (SSSR count). The molecule has 0 amide bonds. The molecule has 0 unspecified atom stereocenters. The summed E-state index contributed by atoms with van der Waals surface area (Å²) in [6, 6.07) is 11.0. The molecular weight excluding hydrogens is 240 g/mol. The Labute approximate surface area is 112 Å². The Morgan fingerprint density at radius 3 is 2.63 bits per heavy atom. The first-order valence-electron chi connectivity index (χ1n) is 6.37. The molecule has 0 aliphatic rings. The number of pyridine rings is 1. The molecule has 19 heavy (non-hydrogen) atoms. The zero-order valence-corrected chi connectivity index (χ0v) is 11.0. The summed E-state index contributed by atoms with van der Waals surface area (Å²) in [6.45, 7) is 3.08. The number of ether oxygens (including phenoxy) is 1. The Balaban J connectivity index is 2.20. The quantitative estimate of drug-likeness (QED) is 0.837. The summed E-state index contributed by atoms with van der Waals surface area (Å²) in [6.07, 6.45) is 2.64. The fraction of sp³-hybridized carbons (Fsp3) is 0.267. The van der Waals surface area contributed by atoms with Crippen LogP contribution in [0.1, 0.15) is 18.9 Å². The molecule has 0 aliphatic heterocycles. The van der Waals surface area contributed by atoms with Gasteiger partial charge in [-0.25, -0.2) is 0 Å². The van der Waals surface area contributed by atoms with Gasteiger partial charge in [-0.2, -0.15) is 0 Å². The molecule has 4 heteroatoms. The van der Waals surface area contributed by atoms with Crippen molar-refractivity contribution in [2.45, 2.75) is 19.9 Å². The fourth-order valence-electron chi connectivity index (χ4n) is 1.78. The van der Waals surface area contributed by atoms with Gasteiger partial charge in [-0.1, -0.05) is 19.1 Å². The Hall–Kier alpha value is -2.23.